The van der Waals surface area contributed by atoms with E-state index in [-0.39, 0.29) is 0 Å². The third kappa shape index (κ3) is 6.78. The van der Waals surface area contributed by atoms with Crippen LogP contribution in [0.2, 0.25) is 0 Å². The average Bonchev–Trinajstić information content (AvgIpc) is 2.77. The van der Waals surface area contributed by atoms with Crippen LogP contribution >= 0.6 is 0 Å². The van der Waals surface area contributed by atoms with E-state index in [0.29, 0.717) is 30.4 Å². The highest BCUT2D eigenvalue weighted by Crippen LogP contribution is 2.39. The summed E-state index contributed by atoms with van der Waals surface area (Å²) >= 11 is 0. The monoisotopic (exact) mass is 401 g/mol. The SMILES string of the molecule is CN=C(NCCCOc1ccccc1)NCCc1ccc(OC)c(OC)c1OC. The molecule has 0 spiro atoms. The van der Waals surface area contributed by atoms with E-state index in [1.54, 1.807) is 28.4 Å². The van der Waals surface area contributed by atoms with E-state index in [1.807, 2.05) is 42.5 Å². The third-order valence-corrected chi connectivity index (χ3v) is 4.32. The van der Waals surface area contributed by atoms with Gasteiger partial charge in [-0.05, 0) is 31.0 Å². The van der Waals surface area contributed by atoms with Crippen LogP contribution in [0.5, 0.6) is 23.0 Å². The Morgan fingerprint density at radius 1 is 0.862 bits per heavy atom. The summed E-state index contributed by atoms with van der Waals surface area (Å²) in [5.41, 5.74) is 1.03. The van der Waals surface area contributed by atoms with Crippen LogP contribution in [0.25, 0.3) is 0 Å². The molecule has 158 valence electrons. The van der Waals surface area contributed by atoms with Crippen molar-refractivity contribution in [3.05, 3.63) is 48.0 Å². The van der Waals surface area contributed by atoms with Gasteiger partial charge in [-0.15, -0.1) is 0 Å². The van der Waals surface area contributed by atoms with Crippen LogP contribution in [0.4, 0.5) is 0 Å². The molecule has 2 aromatic rings. The molecule has 0 aliphatic rings. The van der Waals surface area contributed by atoms with E-state index in [9.17, 15) is 0 Å². The molecule has 0 unspecified atom stereocenters. The zero-order valence-electron chi connectivity index (χ0n) is 17.7. The lowest BCUT2D eigenvalue weighted by Crippen LogP contribution is -2.39. The molecule has 7 heteroatoms. The molecule has 7 nitrogen and oxygen atoms in total. The van der Waals surface area contributed by atoms with Crippen molar-refractivity contribution in [3.8, 4) is 23.0 Å². The fourth-order valence-electron chi connectivity index (χ4n) is 2.88. The number of methoxy groups -OCH3 is 3. The molecule has 0 heterocycles. The van der Waals surface area contributed by atoms with Crippen molar-refractivity contribution >= 4 is 5.96 Å². The molecule has 2 N–H and O–H groups in total. The van der Waals surface area contributed by atoms with Crippen molar-refractivity contribution in [2.45, 2.75) is 12.8 Å². The van der Waals surface area contributed by atoms with Gasteiger partial charge in [-0.1, -0.05) is 24.3 Å². The maximum Gasteiger partial charge on any atom is 0.203 e. The number of aliphatic imine (C=N–C) groups is 1. The van der Waals surface area contributed by atoms with Crippen molar-refractivity contribution in [1.29, 1.82) is 0 Å². The topological polar surface area (TPSA) is 73.3 Å². The maximum absolute atomic E-state index is 5.69. The molecule has 0 aliphatic heterocycles. The number of hydrogen-bond acceptors (Lipinski definition) is 5. The minimum Gasteiger partial charge on any atom is -0.494 e. The fraction of sp³-hybridized carbons (Fsp3) is 0.409. The fourth-order valence-corrected chi connectivity index (χ4v) is 2.88. The van der Waals surface area contributed by atoms with Gasteiger partial charge in [-0.25, -0.2) is 0 Å². The van der Waals surface area contributed by atoms with Gasteiger partial charge in [0.2, 0.25) is 5.75 Å². The number of guanidine groups is 1. The Morgan fingerprint density at radius 2 is 1.59 bits per heavy atom. The van der Waals surface area contributed by atoms with Crippen LogP contribution in [-0.2, 0) is 6.42 Å². The van der Waals surface area contributed by atoms with E-state index >= 15 is 0 Å². The summed E-state index contributed by atoms with van der Waals surface area (Å²) in [7, 11) is 6.60. The van der Waals surface area contributed by atoms with E-state index in [2.05, 4.69) is 15.6 Å². The number of rotatable bonds is 11. The standard InChI is InChI=1S/C22H31N3O4/c1-23-22(24-14-8-16-29-18-9-6-5-7-10-18)25-15-13-17-11-12-19(26-2)21(28-4)20(17)27-3/h5-7,9-12H,8,13-16H2,1-4H3,(H2,23,24,25). The molecule has 0 amide bonds. The Kier molecular flexibility index (Phi) is 9.48. The summed E-state index contributed by atoms with van der Waals surface area (Å²) in [4.78, 5) is 4.26. The molecular weight excluding hydrogens is 370 g/mol. The van der Waals surface area contributed by atoms with Gasteiger partial charge < -0.3 is 29.6 Å². The molecule has 29 heavy (non-hydrogen) atoms. The molecular formula is C22H31N3O4. The van der Waals surface area contributed by atoms with Crippen LogP contribution in [0.15, 0.2) is 47.5 Å². The first-order valence-corrected chi connectivity index (χ1v) is 9.63. The molecule has 0 bridgehead atoms. The van der Waals surface area contributed by atoms with Crippen molar-refractivity contribution in [2.24, 2.45) is 4.99 Å². The van der Waals surface area contributed by atoms with Gasteiger partial charge in [0.05, 0.1) is 27.9 Å². The Bertz CT molecular complexity index is 766. The van der Waals surface area contributed by atoms with Crippen molar-refractivity contribution in [1.82, 2.24) is 10.6 Å². The summed E-state index contributed by atoms with van der Waals surface area (Å²) in [6.45, 7) is 2.12. The van der Waals surface area contributed by atoms with Gasteiger partial charge in [0.15, 0.2) is 17.5 Å². The number of ether oxygens (including phenoxy) is 4. The van der Waals surface area contributed by atoms with E-state index in [1.165, 1.54) is 0 Å². The van der Waals surface area contributed by atoms with Gasteiger partial charge >= 0.3 is 0 Å². The third-order valence-electron chi connectivity index (χ3n) is 4.32. The summed E-state index contributed by atoms with van der Waals surface area (Å²) in [6, 6.07) is 13.7. The summed E-state index contributed by atoms with van der Waals surface area (Å²) in [5.74, 6) is 3.59. The molecule has 0 fully saturated rings. The second-order valence-corrected chi connectivity index (χ2v) is 6.18. The van der Waals surface area contributed by atoms with Gasteiger partial charge in [0.25, 0.3) is 0 Å². The van der Waals surface area contributed by atoms with Crippen LogP contribution in [-0.4, -0.2) is 54.0 Å². The summed E-state index contributed by atoms with van der Waals surface area (Å²) in [6.07, 6.45) is 1.63. The van der Waals surface area contributed by atoms with Crippen LogP contribution in [0, 0.1) is 0 Å². The zero-order valence-corrected chi connectivity index (χ0v) is 17.7. The Morgan fingerprint density at radius 3 is 2.24 bits per heavy atom. The van der Waals surface area contributed by atoms with Crippen molar-refractivity contribution in [2.75, 3.05) is 48.1 Å². The first-order valence-electron chi connectivity index (χ1n) is 9.63. The Balaban J connectivity index is 1.75. The van der Waals surface area contributed by atoms with Crippen molar-refractivity contribution < 1.29 is 18.9 Å². The Labute approximate surface area is 173 Å². The first-order chi connectivity index (χ1) is 14.2. The number of nitrogens with one attached hydrogen (secondary N) is 2. The second-order valence-electron chi connectivity index (χ2n) is 6.18. The normalized spacial score (nSPS) is 11.0. The molecule has 0 saturated carbocycles. The number of hydrogen-bond donors (Lipinski definition) is 2. The predicted octanol–water partition coefficient (Wildman–Crippen LogP) is 2.89. The van der Waals surface area contributed by atoms with E-state index in [0.717, 1.165) is 36.7 Å². The van der Waals surface area contributed by atoms with Crippen LogP contribution in [0.3, 0.4) is 0 Å². The average molecular weight is 402 g/mol. The number of para-hydroxylation sites is 1. The van der Waals surface area contributed by atoms with Crippen molar-refractivity contribution in [3.63, 3.8) is 0 Å². The second kappa shape index (κ2) is 12.4. The van der Waals surface area contributed by atoms with E-state index < -0.39 is 0 Å². The molecule has 2 rings (SSSR count). The first kappa shape index (κ1) is 22.2. The maximum atomic E-state index is 5.69. The number of nitrogens with zero attached hydrogens (tertiary/aromatic N) is 1. The lowest BCUT2D eigenvalue weighted by molar-refractivity contribution is 0.311. The number of benzene rings is 2. The van der Waals surface area contributed by atoms with Gasteiger partial charge in [0, 0.05) is 25.7 Å². The molecule has 0 atom stereocenters. The van der Waals surface area contributed by atoms with E-state index in [4.69, 9.17) is 18.9 Å². The molecule has 2 aromatic carbocycles. The van der Waals surface area contributed by atoms with Gasteiger partial charge in [0.1, 0.15) is 5.75 Å². The summed E-state index contributed by atoms with van der Waals surface area (Å²) < 4.78 is 22.0. The summed E-state index contributed by atoms with van der Waals surface area (Å²) in [5, 5.41) is 6.61. The predicted molar refractivity (Wildman–Crippen MR) is 116 cm³/mol. The van der Waals surface area contributed by atoms with Gasteiger partial charge in [-0.2, -0.15) is 0 Å². The minimum atomic E-state index is 0.605. The van der Waals surface area contributed by atoms with Crippen LogP contribution in [0.1, 0.15) is 12.0 Å². The quantitative estimate of drug-likeness (QED) is 0.343. The van der Waals surface area contributed by atoms with Crippen LogP contribution < -0.4 is 29.6 Å². The highest BCUT2D eigenvalue weighted by Gasteiger charge is 2.15. The molecule has 0 radical (unpaired) electrons. The minimum absolute atomic E-state index is 0.605. The smallest absolute Gasteiger partial charge is 0.203 e. The zero-order chi connectivity index (χ0) is 20.9. The Hall–Kier alpha value is -3.09. The lowest BCUT2D eigenvalue weighted by atomic mass is 10.1. The highest BCUT2D eigenvalue weighted by atomic mass is 16.5. The largest absolute Gasteiger partial charge is 0.494 e. The molecule has 0 saturated heterocycles. The highest BCUT2D eigenvalue weighted by molar-refractivity contribution is 5.79. The lowest BCUT2D eigenvalue weighted by Gasteiger charge is -2.16. The molecule has 0 aromatic heterocycles. The molecule has 0 aliphatic carbocycles. The van der Waals surface area contributed by atoms with Gasteiger partial charge in [-0.3, -0.25) is 4.99 Å².